The molecule has 0 unspecified atom stereocenters. The van der Waals surface area contributed by atoms with E-state index in [9.17, 15) is 4.79 Å². The summed E-state index contributed by atoms with van der Waals surface area (Å²) in [7, 11) is 0. The highest BCUT2D eigenvalue weighted by atomic mass is 16.4. The molecular formula is C21H21N3O2. The van der Waals surface area contributed by atoms with E-state index in [-0.39, 0.29) is 6.42 Å². The summed E-state index contributed by atoms with van der Waals surface area (Å²) in [6.45, 7) is 1.79. The lowest BCUT2D eigenvalue weighted by atomic mass is 10.0. The molecule has 26 heavy (non-hydrogen) atoms. The van der Waals surface area contributed by atoms with E-state index in [1.54, 1.807) is 0 Å². The minimum atomic E-state index is -0.814. The predicted molar refractivity (Wildman–Crippen MR) is 99.6 cm³/mol. The molecule has 0 radical (unpaired) electrons. The Morgan fingerprint density at radius 3 is 2.58 bits per heavy atom. The van der Waals surface area contributed by atoms with E-state index >= 15 is 0 Å². The molecule has 0 saturated heterocycles. The van der Waals surface area contributed by atoms with Crippen LogP contribution in [0.3, 0.4) is 0 Å². The SMILES string of the molecule is O=C(O)Cc1ccc(-n2nc(Cc3ccccc3)c3c2CCNC3)cc1. The van der Waals surface area contributed by atoms with E-state index in [0.29, 0.717) is 0 Å². The van der Waals surface area contributed by atoms with Crippen molar-refractivity contribution in [3.8, 4) is 5.69 Å². The number of benzene rings is 2. The first-order valence-corrected chi connectivity index (χ1v) is 8.86. The van der Waals surface area contributed by atoms with E-state index in [2.05, 4.69) is 29.6 Å². The Kier molecular flexibility index (Phi) is 4.54. The van der Waals surface area contributed by atoms with Gasteiger partial charge in [0, 0.05) is 31.5 Å². The monoisotopic (exact) mass is 347 g/mol. The number of hydrogen-bond acceptors (Lipinski definition) is 3. The van der Waals surface area contributed by atoms with E-state index in [0.717, 1.165) is 42.9 Å². The van der Waals surface area contributed by atoms with Gasteiger partial charge >= 0.3 is 5.97 Å². The maximum atomic E-state index is 10.9. The maximum absolute atomic E-state index is 10.9. The molecule has 1 aliphatic heterocycles. The average molecular weight is 347 g/mol. The number of nitrogens with zero attached hydrogens (tertiary/aromatic N) is 2. The van der Waals surface area contributed by atoms with Gasteiger partial charge in [0.05, 0.1) is 23.5 Å². The summed E-state index contributed by atoms with van der Waals surface area (Å²) in [5.41, 5.74) is 6.68. The van der Waals surface area contributed by atoms with Gasteiger partial charge in [-0.15, -0.1) is 0 Å². The lowest BCUT2D eigenvalue weighted by Crippen LogP contribution is -2.25. The number of carboxylic acid groups (broad SMARTS) is 1. The van der Waals surface area contributed by atoms with Crippen LogP contribution in [0.15, 0.2) is 54.6 Å². The molecule has 0 spiro atoms. The highest BCUT2D eigenvalue weighted by Gasteiger charge is 2.21. The second-order valence-corrected chi connectivity index (χ2v) is 6.61. The number of nitrogens with one attached hydrogen (secondary N) is 1. The summed E-state index contributed by atoms with van der Waals surface area (Å²) in [6.07, 6.45) is 1.80. The number of hydrogen-bond donors (Lipinski definition) is 2. The molecule has 0 aliphatic carbocycles. The zero-order valence-electron chi connectivity index (χ0n) is 14.5. The summed E-state index contributed by atoms with van der Waals surface area (Å²) >= 11 is 0. The minimum absolute atomic E-state index is 0.0423. The smallest absolute Gasteiger partial charge is 0.307 e. The molecule has 0 amide bonds. The van der Waals surface area contributed by atoms with Crippen LogP contribution in [0.25, 0.3) is 5.69 Å². The third-order valence-electron chi connectivity index (χ3n) is 4.76. The van der Waals surface area contributed by atoms with Crippen molar-refractivity contribution in [2.75, 3.05) is 6.54 Å². The fourth-order valence-corrected chi connectivity index (χ4v) is 3.49. The molecule has 4 rings (SSSR count). The standard InChI is InChI=1S/C21H21N3O2/c25-21(26)13-16-6-8-17(9-7-16)24-20-10-11-22-14-18(20)19(23-24)12-15-4-2-1-3-5-15/h1-9,22H,10-14H2,(H,25,26). The van der Waals surface area contributed by atoms with E-state index < -0.39 is 5.97 Å². The number of carboxylic acids is 1. The van der Waals surface area contributed by atoms with Crippen LogP contribution in [0, 0.1) is 0 Å². The van der Waals surface area contributed by atoms with E-state index in [1.807, 2.05) is 35.0 Å². The molecule has 2 aromatic carbocycles. The molecule has 0 saturated carbocycles. The van der Waals surface area contributed by atoms with Crippen LogP contribution in [-0.4, -0.2) is 27.4 Å². The van der Waals surface area contributed by atoms with Crippen LogP contribution in [0.4, 0.5) is 0 Å². The van der Waals surface area contributed by atoms with Crippen LogP contribution in [0.5, 0.6) is 0 Å². The van der Waals surface area contributed by atoms with Gasteiger partial charge in [-0.3, -0.25) is 4.79 Å². The topological polar surface area (TPSA) is 67.1 Å². The summed E-state index contributed by atoms with van der Waals surface area (Å²) < 4.78 is 2.03. The lowest BCUT2D eigenvalue weighted by Gasteiger charge is -2.16. The van der Waals surface area contributed by atoms with Crippen LogP contribution in [0.2, 0.25) is 0 Å². The summed E-state index contributed by atoms with van der Waals surface area (Å²) in [6, 6.07) is 18.0. The molecule has 3 aromatic rings. The van der Waals surface area contributed by atoms with E-state index in [4.69, 9.17) is 10.2 Å². The normalized spacial score (nSPS) is 13.4. The molecule has 2 N–H and O–H groups in total. The first-order valence-electron chi connectivity index (χ1n) is 8.86. The molecule has 5 nitrogen and oxygen atoms in total. The van der Waals surface area contributed by atoms with Crippen molar-refractivity contribution >= 4 is 5.97 Å². The Bertz CT molecular complexity index is 914. The van der Waals surface area contributed by atoms with Gasteiger partial charge in [-0.05, 0) is 23.3 Å². The first kappa shape index (κ1) is 16.5. The van der Waals surface area contributed by atoms with Crippen molar-refractivity contribution in [2.24, 2.45) is 0 Å². The third kappa shape index (κ3) is 3.39. The van der Waals surface area contributed by atoms with Crippen molar-refractivity contribution < 1.29 is 9.90 Å². The lowest BCUT2D eigenvalue weighted by molar-refractivity contribution is -0.136. The summed E-state index contributed by atoms with van der Waals surface area (Å²) in [4.78, 5) is 10.9. The molecule has 1 aromatic heterocycles. The highest BCUT2D eigenvalue weighted by Crippen LogP contribution is 2.24. The average Bonchev–Trinajstić information content (AvgIpc) is 3.02. The molecule has 0 fully saturated rings. The fraction of sp³-hybridized carbons (Fsp3) is 0.238. The third-order valence-corrected chi connectivity index (χ3v) is 4.76. The van der Waals surface area contributed by atoms with Crippen molar-refractivity contribution in [2.45, 2.75) is 25.8 Å². The number of rotatable bonds is 5. The van der Waals surface area contributed by atoms with Gasteiger partial charge in [-0.2, -0.15) is 5.10 Å². The highest BCUT2D eigenvalue weighted by molar-refractivity contribution is 5.70. The number of carbonyl (C=O) groups is 1. The van der Waals surface area contributed by atoms with Gasteiger partial charge in [0.2, 0.25) is 0 Å². The first-order chi connectivity index (χ1) is 12.7. The van der Waals surface area contributed by atoms with Gasteiger partial charge in [0.25, 0.3) is 0 Å². The van der Waals surface area contributed by atoms with Crippen molar-refractivity contribution in [1.29, 1.82) is 0 Å². The molecule has 0 bridgehead atoms. The second-order valence-electron chi connectivity index (χ2n) is 6.61. The molecule has 1 aliphatic rings. The van der Waals surface area contributed by atoms with Crippen molar-refractivity contribution in [3.05, 3.63) is 82.7 Å². The Labute approximate surface area is 152 Å². The van der Waals surface area contributed by atoms with Crippen LogP contribution in [-0.2, 0) is 30.6 Å². The van der Waals surface area contributed by atoms with Gasteiger partial charge in [0.1, 0.15) is 0 Å². The zero-order chi connectivity index (χ0) is 17.9. The molecule has 5 heteroatoms. The molecule has 2 heterocycles. The van der Waals surface area contributed by atoms with Crippen molar-refractivity contribution in [3.63, 3.8) is 0 Å². The number of aliphatic carboxylic acids is 1. The van der Waals surface area contributed by atoms with Gasteiger partial charge in [-0.25, -0.2) is 4.68 Å². The Morgan fingerprint density at radius 2 is 1.85 bits per heavy atom. The predicted octanol–water partition coefficient (Wildman–Crippen LogP) is 2.74. The number of fused-ring (bicyclic) bond motifs is 1. The molecule has 0 atom stereocenters. The van der Waals surface area contributed by atoms with Gasteiger partial charge < -0.3 is 10.4 Å². The minimum Gasteiger partial charge on any atom is -0.481 e. The Balaban J connectivity index is 1.69. The van der Waals surface area contributed by atoms with Gasteiger partial charge in [0.15, 0.2) is 0 Å². The van der Waals surface area contributed by atoms with Crippen LogP contribution >= 0.6 is 0 Å². The zero-order valence-corrected chi connectivity index (χ0v) is 14.5. The quantitative estimate of drug-likeness (QED) is 0.745. The second kappa shape index (κ2) is 7.14. The largest absolute Gasteiger partial charge is 0.481 e. The summed E-state index contributed by atoms with van der Waals surface area (Å²) in [5, 5.41) is 17.3. The number of aromatic nitrogens is 2. The fourth-order valence-electron chi connectivity index (χ4n) is 3.49. The van der Waals surface area contributed by atoms with E-state index in [1.165, 1.54) is 16.8 Å². The van der Waals surface area contributed by atoms with Crippen LogP contribution < -0.4 is 5.32 Å². The Morgan fingerprint density at radius 1 is 1.08 bits per heavy atom. The van der Waals surface area contributed by atoms with Gasteiger partial charge in [-0.1, -0.05) is 42.5 Å². The van der Waals surface area contributed by atoms with Crippen molar-refractivity contribution in [1.82, 2.24) is 15.1 Å². The Hall–Kier alpha value is -2.92. The molecular weight excluding hydrogens is 326 g/mol. The van der Waals surface area contributed by atoms with Crippen LogP contribution in [0.1, 0.15) is 28.1 Å². The summed E-state index contributed by atoms with van der Waals surface area (Å²) in [5.74, 6) is -0.814. The maximum Gasteiger partial charge on any atom is 0.307 e. The molecule has 132 valence electrons.